The summed E-state index contributed by atoms with van der Waals surface area (Å²) < 4.78 is 16.9. The van der Waals surface area contributed by atoms with Crippen molar-refractivity contribution in [1.82, 2.24) is 5.32 Å². The van der Waals surface area contributed by atoms with Gasteiger partial charge in [-0.1, -0.05) is 17.7 Å². The normalized spacial score (nSPS) is 18.4. The van der Waals surface area contributed by atoms with Gasteiger partial charge in [0.15, 0.2) is 11.5 Å². The van der Waals surface area contributed by atoms with Gasteiger partial charge in [0.05, 0.1) is 12.6 Å². The predicted octanol–water partition coefficient (Wildman–Crippen LogP) is 3.14. The molecule has 1 saturated heterocycles. The van der Waals surface area contributed by atoms with Gasteiger partial charge in [-0.3, -0.25) is 10.1 Å². The zero-order valence-corrected chi connectivity index (χ0v) is 16.4. The quantitative estimate of drug-likeness (QED) is 0.614. The summed E-state index contributed by atoms with van der Waals surface area (Å²) in [5.41, 5.74) is 2.36. The average Bonchev–Trinajstić information content (AvgIpc) is 3.25. The van der Waals surface area contributed by atoms with Crippen LogP contribution in [-0.4, -0.2) is 44.3 Å². The van der Waals surface area contributed by atoms with Gasteiger partial charge < -0.3 is 19.5 Å². The number of fused-ring (bicyclic) bond motifs is 1. The molecule has 2 N–H and O–H groups in total. The van der Waals surface area contributed by atoms with Gasteiger partial charge in [-0.15, -0.1) is 0 Å². The molecule has 0 bridgehead atoms. The molecule has 1 fully saturated rings. The lowest BCUT2D eigenvalue weighted by Gasteiger charge is -2.19. The van der Waals surface area contributed by atoms with Gasteiger partial charge in [-0.05, 0) is 44.0 Å². The number of hydrogen-bond acceptors (Lipinski definition) is 5. The number of carbonyl (C=O) groups is 1. The number of carbonyl (C=O) groups excluding carboxylic acids is 1. The third-order valence-corrected chi connectivity index (χ3v) is 4.79. The van der Waals surface area contributed by atoms with Crippen molar-refractivity contribution < 1.29 is 19.0 Å². The highest BCUT2D eigenvalue weighted by atomic mass is 16.6. The smallest absolute Gasteiger partial charge is 0.257 e. The molecule has 29 heavy (non-hydrogen) atoms. The Morgan fingerprint density at radius 1 is 1.10 bits per heavy atom. The molecular weight excluding hydrogens is 370 g/mol. The lowest BCUT2D eigenvalue weighted by Crippen LogP contribution is -2.36. The number of aliphatic imine (C=N–C) groups is 1. The number of benzene rings is 2. The molecule has 7 heteroatoms. The van der Waals surface area contributed by atoms with Crippen LogP contribution in [0.1, 0.15) is 28.8 Å². The van der Waals surface area contributed by atoms with Gasteiger partial charge in [0.2, 0.25) is 5.96 Å². The van der Waals surface area contributed by atoms with E-state index in [2.05, 4.69) is 15.6 Å². The Bertz CT molecular complexity index is 907. The molecule has 0 spiro atoms. The van der Waals surface area contributed by atoms with Crippen LogP contribution in [0.2, 0.25) is 0 Å². The summed E-state index contributed by atoms with van der Waals surface area (Å²) >= 11 is 0. The second-order valence-corrected chi connectivity index (χ2v) is 7.13. The van der Waals surface area contributed by atoms with Crippen molar-refractivity contribution in [2.75, 3.05) is 31.7 Å². The summed E-state index contributed by atoms with van der Waals surface area (Å²) in [6, 6.07) is 13.0. The van der Waals surface area contributed by atoms with Crippen molar-refractivity contribution in [2.45, 2.75) is 25.9 Å². The molecule has 2 aromatic carbocycles. The average molecular weight is 395 g/mol. The van der Waals surface area contributed by atoms with Crippen LogP contribution in [0.25, 0.3) is 0 Å². The van der Waals surface area contributed by atoms with Gasteiger partial charge in [0.1, 0.15) is 13.2 Å². The minimum absolute atomic E-state index is 0.0861. The van der Waals surface area contributed by atoms with E-state index in [4.69, 9.17) is 14.2 Å². The van der Waals surface area contributed by atoms with Crippen molar-refractivity contribution in [3.05, 3.63) is 53.6 Å². The third-order valence-electron chi connectivity index (χ3n) is 4.79. The summed E-state index contributed by atoms with van der Waals surface area (Å²) in [5, 5.41) is 6.08. The van der Waals surface area contributed by atoms with E-state index in [0.717, 1.165) is 30.7 Å². The second-order valence-electron chi connectivity index (χ2n) is 7.13. The molecule has 2 aromatic rings. The monoisotopic (exact) mass is 395 g/mol. The summed E-state index contributed by atoms with van der Waals surface area (Å²) in [7, 11) is 0. The molecule has 0 saturated carbocycles. The fraction of sp³-hybridized carbons (Fsp3) is 0.364. The highest BCUT2D eigenvalue weighted by Crippen LogP contribution is 2.32. The largest absolute Gasteiger partial charge is 0.486 e. The van der Waals surface area contributed by atoms with Gasteiger partial charge in [-0.25, -0.2) is 4.99 Å². The number of hydrogen-bond donors (Lipinski definition) is 2. The first-order chi connectivity index (χ1) is 14.2. The number of nitrogens with zero attached hydrogens (tertiary/aromatic N) is 1. The maximum atomic E-state index is 12.7. The standard InChI is InChI=1S/C22H25N3O4/c1-15-4-2-5-16(12-15)21(26)25-22(23-14-18-6-3-9-27-18)24-17-7-8-19-20(13-17)29-11-10-28-19/h2,4-5,7-8,12-13,18H,3,6,9-11,14H2,1H3,(H2,23,24,25,26)/t18-/m1/s1. The van der Waals surface area contributed by atoms with Crippen LogP contribution >= 0.6 is 0 Å². The minimum Gasteiger partial charge on any atom is -0.486 e. The number of amides is 1. The molecule has 2 aliphatic heterocycles. The Kier molecular flexibility index (Phi) is 5.95. The maximum Gasteiger partial charge on any atom is 0.257 e. The second kappa shape index (κ2) is 8.96. The number of ether oxygens (including phenoxy) is 3. The maximum absolute atomic E-state index is 12.7. The number of anilines is 1. The van der Waals surface area contributed by atoms with E-state index < -0.39 is 0 Å². The molecule has 1 amide bonds. The molecule has 152 valence electrons. The Morgan fingerprint density at radius 3 is 2.76 bits per heavy atom. The predicted molar refractivity (Wildman–Crippen MR) is 111 cm³/mol. The van der Waals surface area contributed by atoms with Crippen LogP contribution in [0, 0.1) is 6.92 Å². The molecule has 2 aliphatic rings. The van der Waals surface area contributed by atoms with E-state index in [9.17, 15) is 4.79 Å². The van der Waals surface area contributed by atoms with Gasteiger partial charge in [-0.2, -0.15) is 0 Å². The lowest BCUT2D eigenvalue weighted by atomic mass is 10.1. The van der Waals surface area contributed by atoms with Crippen molar-refractivity contribution in [3.63, 3.8) is 0 Å². The van der Waals surface area contributed by atoms with Crippen LogP contribution in [0.5, 0.6) is 11.5 Å². The Morgan fingerprint density at radius 2 is 1.97 bits per heavy atom. The fourth-order valence-corrected chi connectivity index (χ4v) is 3.32. The van der Waals surface area contributed by atoms with Crippen LogP contribution in [-0.2, 0) is 4.74 Å². The number of aryl methyl sites for hydroxylation is 1. The molecule has 0 radical (unpaired) electrons. The summed E-state index contributed by atoms with van der Waals surface area (Å²) in [6.45, 7) is 4.26. The third kappa shape index (κ3) is 5.06. The Hall–Kier alpha value is -3.06. The number of guanidine groups is 1. The molecule has 0 aromatic heterocycles. The highest BCUT2D eigenvalue weighted by Gasteiger charge is 2.17. The van der Waals surface area contributed by atoms with Crippen LogP contribution in [0.15, 0.2) is 47.5 Å². The molecular formula is C22H25N3O4. The van der Waals surface area contributed by atoms with Gasteiger partial charge >= 0.3 is 0 Å². The van der Waals surface area contributed by atoms with Gasteiger partial charge in [0, 0.05) is 23.9 Å². The first kappa shape index (κ1) is 19.3. The van der Waals surface area contributed by atoms with Crippen LogP contribution in [0.4, 0.5) is 5.69 Å². The number of nitrogens with one attached hydrogen (secondary N) is 2. The first-order valence-electron chi connectivity index (χ1n) is 9.88. The van der Waals surface area contributed by atoms with Crippen molar-refractivity contribution in [1.29, 1.82) is 0 Å². The van der Waals surface area contributed by atoms with E-state index in [1.165, 1.54) is 0 Å². The van der Waals surface area contributed by atoms with Crippen molar-refractivity contribution in [2.24, 2.45) is 4.99 Å². The molecule has 7 nitrogen and oxygen atoms in total. The lowest BCUT2D eigenvalue weighted by molar-refractivity contribution is 0.0975. The SMILES string of the molecule is Cc1cccc(C(=O)NC(=NC[C@H]2CCCO2)Nc2ccc3c(c2)OCCO3)c1. The number of rotatable bonds is 4. The Balaban J connectivity index is 1.51. The zero-order valence-electron chi connectivity index (χ0n) is 16.4. The van der Waals surface area contributed by atoms with Crippen LogP contribution < -0.4 is 20.1 Å². The summed E-state index contributed by atoms with van der Waals surface area (Å²) in [6.07, 6.45) is 2.11. The van der Waals surface area contributed by atoms with E-state index >= 15 is 0 Å². The summed E-state index contributed by atoms with van der Waals surface area (Å²) in [4.78, 5) is 17.3. The van der Waals surface area contributed by atoms with E-state index in [-0.39, 0.29) is 12.0 Å². The highest BCUT2D eigenvalue weighted by molar-refractivity contribution is 6.10. The minimum atomic E-state index is -0.218. The van der Waals surface area contributed by atoms with E-state index in [1.807, 2.05) is 43.3 Å². The van der Waals surface area contributed by atoms with Crippen LogP contribution in [0.3, 0.4) is 0 Å². The molecule has 0 unspecified atom stereocenters. The molecule has 1 atom stereocenters. The topological polar surface area (TPSA) is 81.2 Å². The first-order valence-corrected chi connectivity index (χ1v) is 9.88. The molecule has 4 rings (SSSR count). The van der Waals surface area contributed by atoms with Gasteiger partial charge in [0.25, 0.3) is 5.91 Å². The fourth-order valence-electron chi connectivity index (χ4n) is 3.32. The molecule has 2 heterocycles. The Labute approximate surface area is 170 Å². The molecule has 0 aliphatic carbocycles. The van der Waals surface area contributed by atoms with E-state index in [0.29, 0.717) is 42.8 Å². The van der Waals surface area contributed by atoms with E-state index in [1.54, 1.807) is 6.07 Å². The summed E-state index contributed by atoms with van der Waals surface area (Å²) in [5.74, 6) is 1.54. The van der Waals surface area contributed by atoms with Crippen molar-refractivity contribution in [3.8, 4) is 11.5 Å². The van der Waals surface area contributed by atoms with Crippen molar-refractivity contribution >= 4 is 17.6 Å². The zero-order chi connectivity index (χ0) is 20.1.